The van der Waals surface area contributed by atoms with Crippen LogP contribution < -0.4 is 9.62 Å². The summed E-state index contributed by atoms with van der Waals surface area (Å²) in [4.78, 5) is 12.8. The maximum Gasteiger partial charge on any atom is 0.264 e. The molecule has 5 nitrogen and oxygen atoms in total. The fraction of sp³-hybridized carbons (Fsp3) is 0.0952. The molecule has 0 radical (unpaired) electrons. The summed E-state index contributed by atoms with van der Waals surface area (Å²) in [7, 11) is -2.36. The zero-order valence-electron chi connectivity index (χ0n) is 15.7. The molecule has 0 unspecified atom stereocenters. The van der Waals surface area contributed by atoms with E-state index in [-0.39, 0.29) is 10.8 Å². The first kappa shape index (κ1) is 21.2. The molecule has 0 aliphatic rings. The predicted molar refractivity (Wildman–Crippen MR) is 118 cm³/mol. The Balaban J connectivity index is 1.87. The van der Waals surface area contributed by atoms with Gasteiger partial charge in [0.25, 0.3) is 15.9 Å². The van der Waals surface area contributed by atoms with Crippen LogP contribution in [0.4, 0.5) is 11.4 Å². The molecule has 0 heterocycles. The first-order valence-electron chi connectivity index (χ1n) is 8.60. The van der Waals surface area contributed by atoms with Crippen LogP contribution in [0, 0.1) is 6.92 Å². The van der Waals surface area contributed by atoms with Gasteiger partial charge in [-0.3, -0.25) is 9.10 Å². The lowest BCUT2D eigenvalue weighted by Gasteiger charge is -2.20. The first-order chi connectivity index (χ1) is 13.7. The first-order valence-corrected chi connectivity index (χ1v) is 10.8. The number of amides is 1. The number of benzene rings is 3. The number of nitrogens with one attached hydrogen (secondary N) is 1. The van der Waals surface area contributed by atoms with Gasteiger partial charge in [-0.1, -0.05) is 35.3 Å². The molecule has 0 spiro atoms. The maximum atomic E-state index is 12.9. The highest BCUT2D eigenvalue weighted by molar-refractivity contribution is 7.92. The third-order valence-electron chi connectivity index (χ3n) is 4.39. The van der Waals surface area contributed by atoms with Crippen LogP contribution in [0.3, 0.4) is 0 Å². The molecule has 0 aromatic heterocycles. The quantitative estimate of drug-likeness (QED) is 0.569. The number of halogens is 2. The van der Waals surface area contributed by atoms with Crippen molar-refractivity contribution in [3.05, 3.63) is 87.9 Å². The van der Waals surface area contributed by atoms with Crippen molar-refractivity contribution in [1.29, 1.82) is 0 Å². The number of anilines is 2. The number of carbonyl (C=O) groups is 1. The van der Waals surface area contributed by atoms with E-state index in [1.54, 1.807) is 36.4 Å². The Labute approximate surface area is 179 Å². The van der Waals surface area contributed by atoms with Crippen molar-refractivity contribution in [3.63, 3.8) is 0 Å². The minimum atomic E-state index is -3.80. The SMILES string of the molecule is Cc1ccc(Cl)cc1NC(=O)c1cccc(N(C)S(=O)(=O)c2ccc(Cl)cc2)c1. The Morgan fingerprint density at radius 3 is 2.28 bits per heavy atom. The molecule has 0 saturated heterocycles. The van der Waals surface area contributed by atoms with Crippen LogP contribution >= 0.6 is 23.2 Å². The molecule has 0 bridgehead atoms. The van der Waals surface area contributed by atoms with Crippen molar-refractivity contribution in [2.45, 2.75) is 11.8 Å². The minimum Gasteiger partial charge on any atom is -0.322 e. The third-order valence-corrected chi connectivity index (χ3v) is 6.68. The van der Waals surface area contributed by atoms with Gasteiger partial charge in [-0.25, -0.2) is 8.42 Å². The van der Waals surface area contributed by atoms with E-state index in [2.05, 4.69) is 5.32 Å². The number of hydrogen-bond acceptors (Lipinski definition) is 3. The van der Waals surface area contributed by atoms with Crippen LogP contribution in [0.1, 0.15) is 15.9 Å². The monoisotopic (exact) mass is 448 g/mol. The molecule has 1 amide bonds. The molecular formula is C21H18Cl2N2O3S. The lowest BCUT2D eigenvalue weighted by molar-refractivity contribution is 0.102. The van der Waals surface area contributed by atoms with Gasteiger partial charge in [0.05, 0.1) is 10.6 Å². The number of rotatable bonds is 5. The molecule has 29 heavy (non-hydrogen) atoms. The predicted octanol–water partition coefficient (Wildman–Crippen LogP) is 5.38. The number of aryl methyl sites for hydroxylation is 1. The lowest BCUT2D eigenvalue weighted by Crippen LogP contribution is -2.26. The fourth-order valence-electron chi connectivity index (χ4n) is 2.67. The van der Waals surface area contributed by atoms with Gasteiger partial charge < -0.3 is 5.32 Å². The van der Waals surface area contributed by atoms with E-state index < -0.39 is 10.0 Å². The van der Waals surface area contributed by atoms with Crippen LogP contribution in [-0.2, 0) is 10.0 Å². The molecule has 3 rings (SSSR count). The molecule has 0 aliphatic carbocycles. The van der Waals surface area contributed by atoms with E-state index in [1.165, 1.54) is 37.4 Å². The van der Waals surface area contributed by atoms with E-state index in [1.807, 2.05) is 6.92 Å². The van der Waals surface area contributed by atoms with Gasteiger partial charge >= 0.3 is 0 Å². The van der Waals surface area contributed by atoms with Crippen molar-refractivity contribution < 1.29 is 13.2 Å². The normalized spacial score (nSPS) is 11.2. The molecule has 3 aromatic carbocycles. The Kier molecular flexibility index (Phi) is 6.17. The molecule has 1 N–H and O–H groups in total. The topological polar surface area (TPSA) is 66.5 Å². The van der Waals surface area contributed by atoms with Crippen molar-refractivity contribution in [3.8, 4) is 0 Å². The Hall–Kier alpha value is -2.54. The summed E-state index contributed by atoms with van der Waals surface area (Å²) in [5, 5.41) is 3.76. The van der Waals surface area contributed by atoms with E-state index in [0.29, 0.717) is 27.0 Å². The Bertz CT molecular complexity index is 1160. The molecule has 0 saturated carbocycles. The average molecular weight is 449 g/mol. The van der Waals surface area contributed by atoms with Crippen molar-refractivity contribution in [1.82, 2.24) is 0 Å². The second kappa shape index (κ2) is 8.45. The maximum absolute atomic E-state index is 12.9. The number of sulfonamides is 1. The zero-order valence-corrected chi connectivity index (χ0v) is 18.0. The van der Waals surface area contributed by atoms with Crippen LogP contribution in [0.2, 0.25) is 10.0 Å². The standard InChI is InChI=1S/C21H18Cl2N2O3S/c1-14-6-7-17(23)13-20(14)24-21(26)15-4-3-5-18(12-15)25(2)29(27,28)19-10-8-16(22)9-11-19/h3-13H,1-2H3,(H,24,26). The fourth-order valence-corrected chi connectivity index (χ4v) is 4.16. The molecule has 0 aliphatic heterocycles. The van der Waals surface area contributed by atoms with Crippen molar-refractivity contribution >= 4 is 50.5 Å². The summed E-state index contributed by atoms with van der Waals surface area (Å²) in [6.45, 7) is 1.86. The molecule has 0 atom stereocenters. The van der Waals surface area contributed by atoms with Gasteiger partial charge in [-0.15, -0.1) is 0 Å². The Morgan fingerprint density at radius 2 is 1.59 bits per heavy atom. The van der Waals surface area contributed by atoms with E-state index >= 15 is 0 Å². The van der Waals surface area contributed by atoms with Gasteiger partial charge in [0, 0.05) is 28.3 Å². The van der Waals surface area contributed by atoms with Gasteiger partial charge in [0.1, 0.15) is 0 Å². The van der Waals surface area contributed by atoms with Crippen LogP contribution in [0.15, 0.2) is 71.6 Å². The summed E-state index contributed by atoms with van der Waals surface area (Å²) in [6, 6.07) is 17.5. The van der Waals surface area contributed by atoms with Crippen LogP contribution in [0.5, 0.6) is 0 Å². The van der Waals surface area contributed by atoms with E-state index in [4.69, 9.17) is 23.2 Å². The van der Waals surface area contributed by atoms with Gasteiger partial charge in [-0.2, -0.15) is 0 Å². The second-order valence-corrected chi connectivity index (χ2v) is 9.23. The summed E-state index contributed by atoms with van der Waals surface area (Å²) < 4.78 is 26.9. The van der Waals surface area contributed by atoms with Crippen LogP contribution in [-0.4, -0.2) is 21.4 Å². The third kappa shape index (κ3) is 4.72. The van der Waals surface area contributed by atoms with Gasteiger partial charge in [-0.05, 0) is 67.1 Å². The highest BCUT2D eigenvalue weighted by Gasteiger charge is 2.22. The number of hydrogen-bond donors (Lipinski definition) is 1. The van der Waals surface area contributed by atoms with Crippen molar-refractivity contribution in [2.75, 3.05) is 16.7 Å². The van der Waals surface area contributed by atoms with E-state index in [0.717, 1.165) is 9.87 Å². The average Bonchev–Trinajstić information content (AvgIpc) is 2.70. The van der Waals surface area contributed by atoms with E-state index in [9.17, 15) is 13.2 Å². The highest BCUT2D eigenvalue weighted by atomic mass is 35.5. The highest BCUT2D eigenvalue weighted by Crippen LogP contribution is 2.25. The summed E-state index contributed by atoms with van der Waals surface area (Å²) in [6.07, 6.45) is 0. The van der Waals surface area contributed by atoms with Crippen molar-refractivity contribution in [2.24, 2.45) is 0 Å². The molecular weight excluding hydrogens is 431 g/mol. The minimum absolute atomic E-state index is 0.105. The summed E-state index contributed by atoms with van der Waals surface area (Å²) in [5.74, 6) is -0.366. The number of nitrogens with zero attached hydrogens (tertiary/aromatic N) is 1. The van der Waals surface area contributed by atoms with Crippen LogP contribution in [0.25, 0.3) is 0 Å². The largest absolute Gasteiger partial charge is 0.322 e. The summed E-state index contributed by atoms with van der Waals surface area (Å²) in [5.41, 5.74) is 2.13. The second-order valence-electron chi connectivity index (χ2n) is 6.39. The molecule has 150 valence electrons. The molecule has 8 heteroatoms. The Morgan fingerprint density at radius 1 is 0.931 bits per heavy atom. The van der Waals surface area contributed by atoms with Gasteiger partial charge in [0.2, 0.25) is 0 Å². The molecule has 0 fully saturated rings. The smallest absolute Gasteiger partial charge is 0.264 e. The lowest BCUT2D eigenvalue weighted by atomic mass is 10.1. The summed E-state index contributed by atoms with van der Waals surface area (Å²) >= 11 is 11.8. The number of carbonyl (C=O) groups excluding carboxylic acids is 1. The molecule has 3 aromatic rings. The zero-order chi connectivity index (χ0) is 21.2. The van der Waals surface area contributed by atoms with Gasteiger partial charge in [0.15, 0.2) is 0 Å².